The Morgan fingerprint density at radius 1 is 0.952 bits per heavy atom. The van der Waals surface area contributed by atoms with Crippen LogP contribution >= 0.6 is 0 Å². The van der Waals surface area contributed by atoms with Gasteiger partial charge < -0.3 is 10.0 Å². The van der Waals surface area contributed by atoms with Crippen molar-refractivity contribution in [1.82, 2.24) is 0 Å². The number of hydrogen-bond donors (Lipinski definition) is 1. The van der Waals surface area contributed by atoms with E-state index in [1.54, 1.807) is 60.7 Å². The predicted octanol–water partition coefficient (Wildman–Crippen LogP) is 3.27. The zero-order chi connectivity index (χ0) is 15.1. The summed E-state index contributed by atoms with van der Waals surface area (Å²) >= 11 is 0. The molecule has 0 aliphatic rings. The summed E-state index contributed by atoms with van der Waals surface area (Å²) < 4.78 is 25.9. The Hall–Kier alpha value is -2.70. The van der Waals surface area contributed by atoms with E-state index in [0.29, 0.717) is 11.3 Å². The van der Waals surface area contributed by atoms with Gasteiger partial charge in [-0.3, -0.25) is 8.63 Å². The van der Waals surface area contributed by atoms with Crippen LogP contribution in [0, 0.1) is 0 Å². The SMILES string of the molecule is ON=C(B(F)F)C(=NOc1ccccc1)c1ccccc1. The van der Waals surface area contributed by atoms with Gasteiger partial charge in [-0.1, -0.05) is 58.8 Å². The van der Waals surface area contributed by atoms with E-state index in [-0.39, 0.29) is 5.71 Å². The van der Waals surface area contributed by atoms with Crippen molar-refractivity contribution >= 4 is 18.6 Å². The van der Waals surface area contributed by atoms with Crippen LogP contribution in [-0.2, 0) is 0 Å². The molecule has 0 fully saturated rings. The summed E-state index contributed by atoms with van der Waals surface area (Å²) in [5.74, 6) is 0.387. The maximum absolute atomic E-state index is 12.9. The lowest BCUT2D eigenvalue weighted by Crippen LogP contribution is -2.27. The normalized spacial score (nSPS) is 12.1. The van der Waals surface area contributed by atoms with Crippen molar-refractivity contribution in [3.05, 3.63) is 66.2 Å². The number of benzene rings is 2. The van der Waals surface area contributed by atoms with Crippen molar-refractivity contribution in [3.8, 4) is 5.75 Å². The summed E-state index contributed by atoms with van der Waals surface area (Å²) in [5.41, 5.74) is -0.712. The number of nitrogens with zero attached hydrogens (tertiary/aromatic N) is 2. The molecule has 1 N–H and O–H groups in total. The van der Waals surface area contributed by atoms with E-state index < -0.39 is 12.9 Å². The molecule has 2 aromatic carbocycles. The third-order valence-corrected chi connectivity index (χ3v) is 2.59. The van der Waals surface area contributed by atoms with Gasteiger partial charge in [0.15, 0.2) is 5.75 Å². The first kappa shape index (κ1) is 14.7. The van der Waals surface area contributed by atoms with E-state index in [4.69, 9.17) is 10.0 Å². The molecule has 21 heavy (non-hydrogen) atoms. The summed E-state index contributed by atoms with van der Waals surface area (Å²) in [5, 5.41) is 15.1. The maximum Gasteiger partial charge on any atom is 0.596 e. The van der Waals surface area contributed by atoms with E-state index in [1.165, 1.54) is 0 Å². The molecule has 0 saturated carbocycles. The predicted molar refractivity (Wildman–Crippen MR) is 77.2 cm³/mol. The van der Waals surface area contributed by atoms with E-state index in [1.807, 2.05) is 0 Å². The molecule has 0 unspecified atom stereocenters. The third kappa shape index (κ3) is 3.88. The minimum Gasteiger partial charge on any atom is -0.411 e. The molecule has 7 heteroatoms. The maximum atomic E-state index is 12.9. The highest BCUT2D eigenvalue weighted by atomic mass is 19.2. The molecule has 2 aromatic rings. The number of rotatable bonds is 5. The van der Waals surface area contributed by atoms with Gasteiger partial charge in [-0.15, -0.1) is 0 Å². The van der Waals surface area contributed by atoms with Crippen LogP contribution in [0.3, 0.4) is 0 Å². The largest absolute Gasteiger partial charge is 0.596 e. The topological polar surface area (TPSA) is 54.2 Å². The highest BCUT2D eigenvalue weighted by Crippen LogP contribution is 2.12. The van der Waals surface area contributed by atoms with Crippen LogP contribution in [0.25, 0.3) is 0 Å². The first-order valence-corrected chi connectivity index (χ1v) is 6.08. The van der Waals surface area contributed by atoms with Gasteiger partial charge >= 0.3 is 7.27 Å². The molecule has 4 nitrogen and oxygen atoms in total. The van der Waals surface area contributed by atoms with E-state index in [2.05, 4.69) is 10.3 Å². The fraction of sp³-hybridized carbons (Fsp3) is 0. The molecule has 0 atom stereocenters. The summed E-state index contributed by atoms with van der Waals surface area (Å²) in [4.78, 5) is 5.12. The lowest BCUT2D eigenvalue weighted by atomic mass is 9.83. The first-order chi connectivity index (χ1) is 10.2. The number of oxime groups is 2. The van der Waals surface area contributed by atoms with Crippen LogP contribution in [0.4, 0.5) is 8.63 Å². The minimum absolute atomic E-state index is 0.225. The van der Waals surface area contributed by atoms with Crippen molar-refractivity contribution < 1.29 is 18.7 Å². The summed E-state index contributed by atoms with van der Waals surface area (Å²) in [7, 11) is -2.98. The Morgan fingerprint density at radius 2 is 1.52 bits per heavy atom. The monoisotopic (exact) mass is 288 g/mol. The fourth-order valence-corrected chi connectivity index (χ4v) is 1.62. The van der Waals surface area contributed by atoms with Gasteiger partial charge in [0.25, 0.3) is 0 Å². The second-order valence-electron chi connectivity index (χ2n) is 4.00. The lowest BCUT2D eigenvalue weighted by Gasteiger charge is -2.06. The smallest absolute Gasteiger partial charge is 0.411 e. The van der Waals surface area contributed by atoms with Gasteiger partial charge in [-0.25, -0.2) is 0 Å². The van der Waals surface area contributed by atoms with E-state index >= 15 is 0 Å². The molecule has 0 radical (unpaired) electrons. The lowest BCUT2D eigenvalue weighted by molar-refractivity contribution is 0.319. The van der Waals surface area contributed by atoms with Crippen molar-refractivity contribution in [2.75, 3.05) is 0 Å². The molecule has 2 rings (SSSR count). The molecule has 0 spiro atoms. The second-order valence-corrected chi connectivity index (χ2v) is 4.00. The van der Waals surface area contributed by atoms with Gasteiger partial charge in [0.1, 0.15) is 11.3 Å². The van der Waals surface area contributed by atoms with Gasteiger partial charge in [0, 0.05) is 5.56 Å². The number of hydrogen-bond acceptors (Lipinski definition) is 4. The molecular weight excluding hydrogens is 277 g/mol. The average Bonchev–Trinajstić information content (AvgIpc) is 2.53. The molecule has 0 aliphatic heterocycles. The second kappa shape index (κ2) is 7.18. The molecule has 0 aliphatic carbocycles. The number of para-hydroxylation sites is 1. The van der Waals surface area contributed by atoms with Crippen LogP contribution in [-0.4, -0.2) is 23.8 Å². The average molecular weight is 288 g/mol. The first-order valence-electron chi connectivity index (χ1n) is 6.08. The fourth-order valence-electron chi connectivity index (χ4n) is 1.62. The zero-order valence-electron chi connectivity index (χ0n) is 10.9. The quantitative estimate of drug-likeness (QED) is 0.397. The van der Waals surface area contributed by atoms with Crippen LogP contribution in [0.15, 0.2) is 71.0 Å². The molecule has 0 aromatic heterocycles. The van der Waals surface area contributed by atoms with Gasteiger partial charge in [0.05, 0.1) is 0 Å². The van der Waals surface area contributed by atoms with E-state index in [9.17, 15) is 8.63 Å². The summed E-state index contributed by atoms with van der Waals surface area (Å²) in [6, 6.07) is 16.7. The van der Waals surface area contributed by atoms with Crippen molar-refractivity contribution in [2.45, 2.75) is 0 Å². The van der Waals surface area contributed by atoms with Crippen LogP contribution < -0.4 is 4.84 Å². The minimum atomic E-state index is -2.98. The Bertz CT molecular complexity index is 634. The molecule has 0 saturated heterocycles. The van der Waals surface area contributed by atoms with E-state index in [0.717, 1.165) is 0 Å². The molecular formula is C14H11BF2N2O2. The molecule has 0 heterocycles. The van der Waals surface area contributed by atoms with Crippen LogP contribution in [0.2, 0.25) is 0 Å². The standard InChI is InChI=1S/C14H11BF2N2O2/c16-15(17)14(18-20)13(11-7-3-1-4-8-11)19-21-12-9-5-2-6-10-12/h1-10,20H. The molecule has 106 valence electrons. The van der Waals surface area contributed by atoms with Crippen LogP contribution in [0.1, 0.15) is 5.56 Å². The van der Waals surface area contributed by atoms with Crippen molar-refractivity contribution in [2.24, 2.45) is 10.3 Å². The third-order valence-electron chi connectivity index (χ3n) is 2.59. The highest BCUT2D eigenvalue weighted by molar-refractivity contribution is 6.96. The summed E-state index contributed by atoms with van der Waals surface area (Å²) in [6.45, 7) is 0. The van der Waals surface area contributed by atoms with Crippen molar-refractivity contribution in [1.29, 1.82) is 0 Å². The molecule has 0 bridgehead atoms. The van der Waals surface area contributed by atoms with Crippen molar-refractivity contribution in [3.63, 3.8) is 0 Å². The Balaban J connectivity index is 2.37. The Labute approximate surface area is 120 Å². The number of halogens is 2. The highest BCUT2D eigenvalue weighted by Gasteiger charge is 2.29. The Kier molecular flexibility index (Phi) is 5.03. The molecule has 0 amide bonds. The summed E-state index contributed by atoms with van der Waals surface area (Å²) in [6.07, 6.45) is 0. The zero-order valence-corrected chi connectivity index (χ0v) is 10.9. The van der Waals surface area contributed by atoms with Gasteiger partial charge in [-0.2, -0.15) is 0 Å². The van der Waals surface area contributed by atoms with Gasteiger partial charge in [0.2, 0.25) is 0 Å². The Morgan fingerprint density at radius 3 is 2.05 bits per heavy atom. The van der Waals surface area contributed by atoms with Gasteiger partial charge in [-0.05, 0) is 12.1 Å². The van der Waals surface area contributed by atoms with Crippen LogP contribution in [0.5, 0.6) is 5.75 Å².